The van der Waals surface area contributed by atoms with Crippen molar-refractivity contribution in [3.05, 3.63) is 99.5 Å². The minimum absolute atomic E-state index is 0.112. The zero-order chi connectivity index (χ0) is 25.9. The van der Waals surface area contributed by atoms with Crippen LogP contribution in [0.25, 0.3) is 0 Å². The van der Waals surface area contributed by atoms with Crippen molar-refractivity contribution < 1.29 is 8.78 Å². The third kappa shape index (κ3) is 7.88. The van der Waals surface area contributed by atoms with E-state index in [-0.39, 0.29) is 5.57 Å². The van der Waals surface area contributed by atoms with Crippen LogP contribution in [0.15, 0.2) is 60.0 Å². The summed E-state index contributed by atoms with van der Waals surface area (Å²) in [7, 11) is 0. The zero-order valence-electron chi connectivity index (χ0n) is 20.4. The average molecular weight is 488 g/mol. The molecule has 2 aromatic rings. The smallest absolute Gasteiger partial charge is 0.206 e. The van der Waals surface area contributed by atoms with E-state index in [0.717, 1.165) is 39.5 Å². The van der Waals surface area contributed by atoms with Crippen LogP contribution in [0.2, 0.25) is 0 Å². The van der Waals surface area contributed by atoms with Crippen LogP contribution in [0.5, 0.6) is 0 Å². The van der Waals surface area contributed by atoms with Gasteiger partial charge in [-0.15, -0.1) is 0 Å². The maximum atomic E-state index is 14.6. The van der Waals surface area contributed by atoms with Crippen LogP contribution >= 0.6 is 0 Å². The molecular weight excluding hydrogens is 454 g/mol. The molecule has 0 fully saturated rings. The summed E-state index contributed by atoms with van der Waals surface area (Å²) in [6.07, 6.45) is 4.42. The summed E-state index contributed by atoms with van der Waals surface area (Å²) in [4.78, 5) is 0. The van der Waals surface area contributed by atoms with Gasteiger partial charge in [-0.2, -0.15) is 0 Å². The lowest BCUT2D eigenvalue weighted by molar-refractivity contribution is 0.520. The van der Waals surface area contributed by atoms with Gasteiger partial charge >= 0.3 is 0 Å². The fourth-order valence-corrected chi connectivity index (χ4v) is 4.04. The van der Waals surface area contributed by atoms with Gasteiger partial charge in [0.05, 0.1) is 5.92 Å². The lowest BCUT2D eigenvalue weighted by Gasteiger charge is -2.13. The van der Waals surface area contributed by atoms with Crippen molar-refractivity contribution in [2.75, 3.05) is 26.2 Å². The predicted octanol–water partition coefficient (Wildman–Crippen LogP) is 3.01. The first kappa shape index (κ1) is 27.3. The molecule has 0 saturated carbocycles. The molecule has 0 bridgehead atoms. The second-order valence-electron chi connectivity index (χ2n) is 8.69. The highest BCUT2D eigenvalue weighted by atomic mass is 19.1. The van der Waals surface area contributed by atoms with Crippen LogP contribution in [-0.4, -0.2) is 26.2 Å². The van der Waals surface area contributed by atoms with Gasteiger partial charge in [-0.25, -0.2) is 8.78 Å². The zero-order valence-corrected chi connectivity index (χ0v) is 20.4. The summed E-state index contributed by atoms with van der Waals surface area (Å²) in [5.41, 5.74) is 28.6. The second kappa shape index (κ2) is 13.7. The molecule has 0 saturated heterocycles. The van der Waals surface area contributed by atoms with Crippen LogP contribution in [-0.2, 0) is 25.7 Å². The molecule has 2 aromatic carbocycles. The SMILES string of the molecule is NCCc1cc(C#CC2=CC(C#Cc3cc(CCN)cc(CCN)c3)C(F)=C[C]2F)cc(CCN)c1. The first-order chi connectivity index (χ1) is 17.4. The van der Waals surface area contributed by atoms with Gasteiger partial charge in [-0.3, -0.25) is 0 Å². The quantitative estimate of drug-likeness (QED) is 0.430. The van der Waals surface area contributed by atoms with Gasteiger partial charge in [0.15, 0.2) is 0 Å². The van der Waals surface area contributed by atoms with Gasteiger partial charge in [0, 0.05) is 16.7 Å². The molecule has 0 spiro atoms. The molecule has 36 heavy (non-hydrogen) atoms. The number of hydrogen-bond acceptors (Lipinski definition) is 4. The Bertz CT molecular complexity index is 1190. The van der Waals surface area contributed by atoms with E-state index in [1.165, 1.54) is 6.08 Å². The van der Waals surface area contributed by atoms with Crippen LogP contribution in [0.3, 0.4) is 0 Å². The lowest BCUT2D eigenvalue weighted by Crippen LogP contribution is -2.07. The maximum absolute atomic E-state index is 14.6. The van der Waals surface area contributed by atoms with Gasteiger partial charge < -0.3 is 22.9 Å². The first-order valence-electron chi connectivity index (χ1n) is 12.2. The molecule has 1 unspecified atom stereocenters. The fraction of sp³-hybridized carbons (Fsp3) is 0.300. The topological polar surface area (TPSA) is 104 Å². The summed E-state index contributed by atoms with van der Waals surface area (Å²) >= 11 is 0. The van der Waals surface area contributed by atoms with Crippen molar-refractivity contribution >= 4 is 0 Å². The number of allylic oxidation sites excluding steroid dienone is 4. The molecule has 1 radical (unpaired) electrons. The summed E-state index contributed by atoms with van der Waals surface area (Å²) in [6.45, 7) is 2.06. The Kier molecular flexibility index (Phi) is 10.4. The Morgan fingerprint density at radius 3 is 1.50 bits per heavy atom. The van der Waals surface area contributed by atoms with E-state index in [1.807, 2.05) is 24.3 Å². The standard InChI is InChI=1S/C30H33F2N4/c31-29-20-30(32)28(4-2-22-15-25(7-11-35)18-26(16-22)8-12-36)19-27(29)3-1-21-13-23(5-9-33)17-24(14-21)6-10-34/h13-20,27H,5-12,33-36H2. The molecule has 0 heterocycles. The molecule has 8 N–H and O–H groups in total. The number of rotatable bonds is 8. The average Bonchev–Trinajstić information content (AvgIpc) is 2.83. The highest BCUT2D eigenvalue weighted by Crippen LogP contribution is 2.30. The molecule has 6 heteroatoms. The summed E-state index contributed by atoms with van der Waals surface area (Å²) in [5.74, 6) is 10.3. The summed E-state index contributed by atoms with van der Waals surface area (Å²) in [6, 6.07) is 11.9. The Morgan fingerprint density at radius 1 is 0.611 bits per heavy atom. The predicted molar refractivity (Wildman–Crippen MR) is 143 cm³/mol. The van der Waals surface area contributed by atoms with E-state index >= 15 is 0 Å². The summed E-state index contributed by atoms with van der Waals surface area (Å²) in [5, 5.41) is 0. The normalized spacial score (nSPS) is 15.3. The van der Waals surface area contributed by atoms with Crippen molar-refractivity contribution in [2.24, 2.45) is 28.9 Å². The third-order valence-corrected chi connectivity index (χ3v) is 5.70. The second-order valence-corrected chi connectivity index (χ2v) is 8.69. The van der Waals surface area contributed by atoms with E-state index in [4.69, 9.17) is 22.9 Å². The monoisotopic (exact) mass is 487 g/mol. The molecule has 1 atom stereocenters. The third-order valence-electron chi connectivity index (χ3n) is 5.70. The molecule has 187 valence electrons. The highest BCUT2D eigenvalue weighted by Gasteiger charge is 2.23. The molecule has 0 aliphatic heterocycles. The van der Waals surface area contributed by atoms with E-state index in [1.54, 1.807) is 0 Å². The molecule has 4 nitrogen and oxygen atoms in total. The van der Waals surface area contributed by atoms with Crippen molar-refractivity contribution in [3.63, 3.8) is 0 Å². The first-order valence-corrected chi connectivity index (χ1v) is 12.2. The Balaban J connectivity index is 1.89. The van der Waals surface area contributed by atoms with E-state index in [9.17, 15) is 8.78 Å². The van der Waals surface area contributed by atoms with Gasteiger partial charge in [0.2, 0.25) is 6.17 Å². The number of benzene rings is 2. The van der Waals surface area contributed by atoms with Crippen LogP contribution in [0.4, 0.5) is 8.78 Å². The number of halogens is 2. The molecule has 1 aliphatic carbocycles. The van der Waals surface area contributed by atoms with Gasteiger partial charge in [-0.1, -0.05) is 35.8 Å². The van der Waals surface area contributed by atoms with Gasteiger partial charge in [0.1, 0.15) is 5.83 Å². The minimum Gasteiger partial charge on any atom is -0.330 e. The molecule has 1 aliphatic rings. The number of nitrogens with two attached hydrogens (primary N) is 4. The van der Waals surface area contributed by atoms with Gasteiger partial charge in [-0.05, 0) is 111 Å². The van der Waals surface area contributed by atoms with Crippen molar-refractivity contribution in [3.8, 4) is 23.7 Å². The van der Waals surface area contributed by atoms with Crippen LogP contribution in [0.1, 0.15) is 33.4 Å². The molecule has 3 rings (SSSR count). The van der Waals surface area contributed by atoms with Gasteiger partial charge in [0.25, 0.3) is 0 Å². The van der Waals surface area contributed by atoms with E-state index in [0.29, 0.717) is 51.9 Å². The molecule has 0 aromatic heterocycles. The Morgan fingerprint density at radius 2 is 1.06 bits per heavy atom. The van der Waals surface area contributed by atoms with Crippen molar-refractivity contribution in [1.82, 2.24) is 0 Å². The highest BCUT2D eigenvalue weighted by molar-refractivity contribution is 5.54. The van der Waals surface area contributed by atoms with Crippen molar-refractivity contribution in [1.29, 1.82) is 0 Å². The maximum Gasteiger partial charge on any atom is 0.206 e. The fourth-order valence-electron chi connectivity index (χ4n) is 4.04. The Labute approximate surface area is 212 Å². The van der Waals surface area contributed by atoms with E-state index < -0.39 is 17.9 Å². The lowest BCUT2D eigenvalue weighted by atomic mass is 9.94. The largest absolute Gasteiger partial charge is 0.330 e. The van der Waals surface area contributed by atoms with Crippen LogP contribution in [0, 0.1) is 35.8 Å². The molecular formula is C30H33F2N4. The molecule has 0 amide bonds. The summed E-state index contributed by atoms with van der Waals surface area (Å²) < 4.78 is 29.1. The minimum atomic E-state index is -0.888. The van der Waals surface area contributed by atoms with E-state index in [2.05, 4.69) is 35.8 Å². The Hall–Kier alpha value is -3.26. The number of hydrogen-bond donors (Lipinski definition) is 4. The van der Waals surface area contributed by atoms with Crippen molar-refractivity contribution in [2.45, 2.75) is 25.7 Å². The van der Waals surface area contributed by atoms with Crippen LogP contribution < -0.4 is 22.9 Å².